The van der Waals surface area contributed by atoms with Crippen LogP contribution in [0, 0.1) is 10.1 Å². The summed E-state index contributed by atoms with van der Waals surface area (Å²) in [6, 6.07) is 2.78. The molecule has 0 unspecified atom stereocenters. The van der Waals surface area contributed by atoms with Crippen molar-refractivity contribution in [3.8, 4) is 0 Å². The zero-order valence-electron chi connectivity index (χ0n) is 15.3. The van der Waals surface area contributed by atoms with Gasteiger partial charge in [-0.15, -0.1) is 0 Å². The van der Waals surface area contributed by atoms with E-state index in [2.05, 4.69) is 24.6 Å². The molecule has 0 fully saturated rings. The molecule has 2 rings (SSSR count). The highest BCUT2D eigenvalue weighted by Crippen LogP contribution is 2.37. The Hall–Kier alpha value is -1.64. The lowest BCUT2D eigenvalue weighted by Gasteiger charge is -2.20. The summed E-state index contributed by atoms with van der Waals surface area (Å²) < 4.78 is 9.00. The predicted octanol–water partition coefficient (Wildman–Crippen LogP) is 4.63. The number of ether oxygens (including phenoxy) is 1. The van der Waals surface area contributed by atoms with Gasteiger partial charge in [0, 0.05) is 38.7 Å². The van der Waals surface area contributed by atoms with Crippen LogP contribution in [0.4, 0.5) is 11.4 Å². The lowest BCUT2D eigenvalue weighted by molar-refractivity contribution is -0.384. The molecule has 0 saturated heterocycles. The van der Waals surface area contributed by atoms with Gasteiger partial charge in [-0.05, 0) is 26.0 Å². The Morgan fingerprint density at radius 3 is 2.68 bits per heavy atom. The van der Waals surface area contributed by atoms with E-state index in [0.717, 1.165) is 6.04 Å². The smallest absolute Gasteiger partial charge is 0.312 e. The number of anilines is 1. The van der Waals surface area contributed by atoms with Gasteiger partial charge >= 0.3 is 5.69 Å². The second-order valence-electron chi connectivity index (χ2n) is 7.52. The maximum Gasteiger partial charge on any atom is 0.312 e. The van der Waals surface area contributed by atoms with Gasteiger partial charge < -0.3 is 9.30 Å². The van der Waals surface area contributed by atoms with E-state index < -0.39 is 13.0 Å². The van der Waals surface area contributed by atoms with E-state index in [1.165, 1.54) is 10.6 Å². The third-order valence-electron chi connectivity index (χ3n) is 3.83. The van der Waals surface area contributed by atoms with Crippen LogP contribution >= 0.6 is 11.8 Å². The Morgan fingerprint density at radius 2 is 2.12 bits per heavy atom. The standard InChI is InChI=1S/C16H25ClN4O3Si/c1-12(2)20(17)15-13-6-7-19(11-24-8-9-25(3,4)5)16(13)18-10-14(15)21(22)23/h6-7,10,12H,8-9,11H2,1-5H3. The van der Waals surface area contributed by atoms with Crippen LogP contribution < -0.4 is 4.42 Å². The molecular formula is C16H25ClN4O3Si. The number of hydrogen-bond donors (Lipinski definition) is 0. The average molecular weight is 385 g/mol. The number of aromatic nitrogens is 2. The molecular weight excluding hydrogens is 360 g/mol. The fraction of sp³-hybridized carbons (Fsp3) is 0.562. The van der Waals surface area contributed by atoms with E-state index in [1.54, 1.807) is 6.07 Å². The van der Waals surface area contributed by atoms with Crippen molar-refractivity contribution in [2.24, 2.45) is 0 Å². The Balaban J connectivity index is 2.31. The molecule has 2 heterocycles. The minimum Gasteiger partial charge on any atom is -0.361 e. The first-order chi connectivity index (χ1) is 11.6. The molecule has 138 valence electrons. The summed E-state index contributed by atoms with van der Waals surface area (Å²) in [5.41, 5.74) is 0.890. The summed E-state index contributed by atoms with van der Waals surface area (Å²) in [5.74, 6) is 0. The van der Waals surface area contributed by atoms with Crippen molar-refractivity contribution in [1.82, 2.24) is 9.55 Å². The SMILES string of the molecule is CC(C)N(Cl)c1c([N+](=O)[O-])cnc2c1ccn2COCC[Si](C)(C)C. The van der Waals surface area contributed by atoms with Gasteiger partial charge in [-0.3, -0.25) is 14.5 Å². The van der Waals surface area contributed by atoms with Crippen molar-refractivity contribution in [3.05, 3.63) is 28.6 Å². The molecule has 0 aliphatic carbocycles. The summed E-state index contributed by atoms with van der Waals surface area (Å²) in [5, 5.41) is 12.0. The van der Waals surface area contributed by atoms with Gasteiger partial charge in [0.2, 0.25) is 0 Å². The van der Waals surface area contributed by atoms with Crippen LogP contribution in [0.3, 0.4) is 0 Å². The monoisotopic (exact) mass is 384 g/mol. The Morgan fingerprint density at radius 1 is 1.44 bits per heavy atom. The zero-order valence-corrected chi connectivity index (χ0v) is 17.1. The first-order valence-electron chi connectivity index (χ1n) is 8.27. The number of rotatable bonds is 8. The van der Waals surface area contributed by atoms with Gasteiger partial charge in [-0.1, -0.05) is 19.6 Å². The molecule has 25 heavy (non-hydrogen) atoms. The second kappa shape index (κ2) is 7.71. The minimum atomic E-state index is -1.14. The van der Waals surface area contributed by atoms with Crippen molar-refractivity contribution in [2.45, 2.75) is 52.3 Å². The minimum absolute atomic E-state index is 0.0951. The van der Waals surface area contributed by atoms with Crippen LogP contribution in [0.25, 0.3) is 11.0 Å². The molecule has 9 heteroatoms. The molecule has 0 aliphatic heterocycles. The summed E-state index contributed by atoms with van der Waals surface area (Å²) >= 11 is 6.32. The zero-order chi connectivity index (χ0) is 18.8. The Bertz CT molecular complexity index is 758. The third kappa shape index (κ3) is 4.71. The van der Waals surface area contributed by atoms with Gasteiger partial charge in [0.1, 0.15) is 24.3 Å². The molecule has 0 aromatic carbocycles. The molecule has 2 aromatic rings. The van der Waals surface area contributed by atoms with E-state index in [1.807, 2.05) is 24.6 Å². The first kappa shape index (κ1) is 19.7. The molecule has 0 atom stereocenters. The second-order valence-corrected chi connectivity index (χ2v) is 13.5. The highest BCUT2D eigenvalue weighted by atomic mass is 35.5. The number of nitrogens with zero attached hydrogens (tertiary/aromatic N) is 4. The van der Waals surface area contributed by atoms with Crippen molar-refractivity contribution < 1.29 is 9.66 Å². The average Bonchev–Trinajstić information content (AvgIpc) is 2.92. The third-order valence-corrected chi connectivity index (χ3v) is 6.09. The van der Waals surface area contributed by atoms with Crippen LogP contribution in [-0.4, -0.2) is 35.2 Å². The van der Waals surface area contributed by atoms with Crippen LogP contribution in [0.15, 0.2) is 18.5 Å². The molecule has 0 radical (unpaired) electrons. The molecule has 7 nitrogen and oxygen atoms in total. The summed E-state index contributed by atoms with van der Waals surface area (Å²) in [4.78, 5) is 15.2. The van der Waals surface area contributed by atoms with Crippen LogP contribution in [-0.2, 0) is 11.5 Å². The van der Waals surface area contributed by atoms with Gasteiger partial charge in [-0.25, -0.2) is 4.98 Å². The van der Waals surface area contributed by atoms with E-state index in [-0.39, 0.29) is 11.7 Å². The Labute approximate surface area is 153 Å². The lowest BCUT2D eigenvalue weighted by Crippen LogP contribution is -2.22. The van der Waals surface area contributed by atoms with Crippen molar-refractivity contribution in [3.63, 3.8) is 0 Å². The highest BCUT2D eigenvalue weighted by molar-refractivity contribution is 6.76. The van der Waals surface area contributed by atoms with Gasteiger partial charge in [0.05, 0.1) is 10.3 Å². The molecule has 0 aliphatic rings. The molecule has 2 aromatic heterocycles. The molecule has 0 N–H and O–H groups in total. The number of fused-ring (bicyclic) bond motifs is 1. The summed E-state index contributed by atoms with van der Waals surface area (Å²) in [6.07, 6.45) is 3.08. The normalized spacial score (nSPS) is 12.1. The van der Waals surface area contributed by atoms with Crippen LogP contribution in [0.2, 0.25) is 25.7 Å². The van der Waals surface area contributed by atoms with Crippen molar-refractivity contribution in [2.75, 3.05) is 11.0 Å². The maximum absolute atomic E-state index is 11.4. The lowest BCUT2D eigenvalue weighted by atomic mass is 10.2. The Kier molecular flexibility index (Phi) is 6.07. The van der Waals surface area contributed by atoms with E-state index in [9.17, 15) is 10.1 Å². The summed E-state index contributed by atoms with van der Waals surface area (Å²) in [7, 11) is -1.14. The predicted molar refractivity (Wildman–Crippen MR) is 104 cm³/mol. The fourth-order valence-corrected chi connectivity index (χ4v) is 3.31. The molecule has 0 spiro atoms. The highest BCUT2D eigenvalue weighted by Gasteiger charge is 2.25. The van der Waals surface area contributed by atoms with Crippen molar-refractivity contribution in [1.29, 1.82) is 0 Å². The van der Waals surface area contributed by atoms with E-state index in [0.29, 0.717) is 30.1 Å². The molecule has 0 saturated carbocycles. The largest absolute Gasteiger partial charge is 0.361 e. The maximum atomic E-state index is 11.4. The number of halogens is 1. The first-order valence-corrected chi connectivity index (χ1v) is 12.3. The molecule has 0 amide bonds. The number of nitro groups is 1. The summed E-state index contributed by atoms with van der Waals surface area (Å²) in [6.45, 7) is 11.7. The van der Waals surface area contributed by atoms with Gasteiger partial charge in [0.15, 0.2) is 0 Å². The quantitative estimate of drug-likeness (QED) is 0.218. The number of pyridine rings is 1. The molecule has 0 bridgehead atoms. The number of hydrogen-bond acceptors (Lipinski definition) is 5. The van der Waals surface area contributed by atoms with Crippen molar-refractivity contribution >= 4 is 42.3 Å². The van der Waals surface area contributed by atoms with Gasteiger partial charge in [0.25, 0.3) is 0 Å². The topological polar surface area (TPSA) is 73.4 Å². The van der Waals surface area contributed by atoms with E-state index >= 15 is 0 Å². The fourth-order valence-electron chi connectivity index (χ4n) is 2.38. The van der Waals surface area contributed by atoms with Gasteiger partial charge in [-0.2, -0.15) is 0 Å². The van der Waals surface area contributed by atoms with Crippen LogP contribution in [0.1, 0.15) is 13.8 Å². The van der Waals surface area contributed by atoms with Crippen LogP contribution in [0.5, 0.6) is 0 Å². The van der Waals surface area contributed by atoms with E-state index in [4.69, 9.17) is 16.5 Å².